The van der Waals surface area contributed by atoms with E-state index in [1.54, 1.807) is 0 Å². The van der Waals surface area contributed by atoms with Crippen molar-refractivity contribution in [1.82, 2.24) is 0 Å². The van der Waals surface area contributed by atoms with Gasteiger partial charge in [0, 0.05) is 12.3 Å². The molecule has 3 aliphatic carbocycles. The van der Waals surface area contributed by atoms with Gasteiger partial charge in [-0.15, -0.1) is 0 Å². The first-order valence-electron chi connectivity index (χ1n) is 13.8. The summed E-state index contributed by atoms with van der Waals surface area (Å²) in [6.45, 7) is 2.29. The van der Waals surface area contributed by atoms with Crippen LogP contribution in [0.1, 0.15) is 102 Å². The Labute approximate surface area is 202 Å². The van der Waals surface area contributed by atoms with Crippen LogP contribution in [0, 0.1) is 53.0 Å². The summed E-state index contributed by atoms with van der Waals surface area (Å²) >= 11 is 0. The van der Waals surface area contributed by atoms with Gasteiger partial charge in [-0.1, -0.05) is 32.6 Å². The second-order valence-electron chi connectivity index (χ2n) is 11.7. The van der Waals surface area contributed by atoms with Crippen LogP contribution >= 0.6 is 0 Å². The molecule has 3 saturated carbocycles. The molecule has 0 amide bonds. The third kappa shape index (κ3) is 6.16. The van der Waals surface area contributed by atoms with E-state index in [1.165, 1.54) is 64.2 Å². The minimum absolute atomic E-state index is 0.175. The average Bonchev–Trinajstić information content (AvgIpc) is 2.83. The van der Waals surface area contributed by atoms with Crippen molar-refractivity contribution < 1.29 is 22.0 Å². The van der Waals surface area contributed by atoms with E-state index in [0.717, 1.165) is 30.6 Å². The summed E-state index contributed by atoms with van der Waals surface area (Å²) in [4.78, 5) is 0. The second-order valence-corrected chi connectivity index (χ2v) is 11.7. The van der Waals surface area contributed by atoms with Crippen LogP contribution in [0.25, 0.3) is 0 Å². The highest BCUT2D eigenvalue weighted by molar-refractivity contribution is 5.21. The van der Waals surface area contributed by atoms with E-state index < -0.39 is 35.7 Å². The fraction of sp³-hybridized carbons (Fsp3) is 0.793. The maximum atomic E-state index is 14.9. The van der Waals surface area contributed by atoms with Crippen molar-refractivity contribution in [3.05, 3.63) is 35.1 Å². The summed E-state index contributed by atoms with van der Waals surface area (Å²) in [6, 6.07) is 1.40. The monoisotopic (exact) mass is 484 g/mol. The molecule has 34 heavy (non-hydrogen) atoms. The molecular weight excluding hydrogens is 443 g/mol. The van der Waals surface area contributed by atoms with E-state index >= 15 is 0 Å². The topological polar surface area (TPSA) is 0 Å². The normalized spacial score (nSPS) is 33.1. The van der Waals surface area contributed by atoms with Crippen LogP contribution < -0.4 is 0 Å². The number of hydrogen-bond donors (Lipinski definition) is 0. The lowest BCUT2D eigenvalue weighted by atomic mass is 9.64. The van der Waals surface area contributed by atoms with Gasteiger partial charge in [0.05, 0.1) is 0 Å². The van der Waals surface area contributed by atoms with Crippen molar-refractivity contribution in [2.45, 2.75) is 109 Å². The van der Waals surface area contributed by atoms with Crippen LogP contribution in [0.3, 0.4) is 0 Å². The molecule has 3 aliphatic rings. The van der Waals surface area contributed by atoms with Crippen molar-refractivity contribution in [2.24, 2.45) is 35.5 Å². The molecule has 1 aromatic rings. The third-order valence-corrected chi connectivity index (χ3v) is 9.59. The molecule has 0 atom stereocenters. The molecule has 0 heterocycles. The second kappa shape index (κ2) is 11.3. The van der Waals surface area contributed by atoms with Crippen LogP contribution in [-0.4, -0.2) is 5.92 Å². The Morgan fingerprint density at radius 1 is 0.676 bits per heavy atom. The Balaban J connectivity index is 1.22. The number of rotatable bonds is 7. The average molecular weight is 485 g/mol. The van der Waals surface area contributed by atoms with Crippen molar-refractivity contribution in [3.8, 4) is 0 Å². The molecule has 4 rings (SSSR count). The molecule has 1 aromatic carbocycles. The minimum Gasteiger partial charge on any atom is -0.206 e. The van der Waals surface area contributed by atoms with Gasteiger partial charge in [0.25, 0.3) is 5.92 Å². The van der Waals surface area contributed by atoms with Crippen molar-refractivity contribution in [3.63, 3.8) is 0 Å². The van der Waals surface area contributed by atoms with Gasteiger partial charge in [-0.2, -0.15) is 0 Å². The number of halogens is 5. The lowest BCUT2D eigenvalue weighted by molar-refractivity contribution is -0.0779. The standard InChI is InChI=1S/C29H41F5/c1-2-3-19-4-6-21(7-5-19)22-8-10-23(11-9-22)24-12-14-25(15-13-24)29(33,34)18-20-16-26(30)28(32)27(31)17-20/h16-17,19,21-25H,2-15,18H2,1H3. The molecule has 0 radical (unpaired) electrons. The zero-order valence-electron chi connectivity index (χ0n) is 20.6. The zero-order chi connectivity index (χ0) is 24.3. The first-order chi connectivity index (χ1) is 16.3. The molecule has 0 unspecified atom stereocenters. The molecule has 0 nitrogen and oxygen atoms in total. The lowest BCUT2D eigenvalue weighted by Gasteiger charge is -2.42. The molecule has 0 N–H and O–H groups in total. The number of benzene rings is 1. The molecule has 3 fully saturated rings. The lowest BCUT2D eigenvalue weighted by Crippen LogP contribution is -2.36. The summed E-state index contributed by atoms with van der Waals surface area (Å²) in [5.74, 6) is -4.28. The van der Waals surface area contributed by atoms with E-state index in [2.05, 4.69) is 6.92 Å². The zero-order valence-corrected chi connectivity index (χ0v) is 20.6. The molecule has 0 aliphatic heterocycles. The molecule has 0 saturated heterocycles. The molecule has 0 bridgehead atoms. The first-order valence-corrected chi connectivity index (χ1v) is 13.8. The number of hydrogen-bond acceptors (Lipinski definition) is 0. The van der Waals surface area contributed by atoms with Crippen molar-refractivity contribution in [1.29, 1.82) is 0 Å². The van der Waals surface area contributed by atoms with Gasteiger partial charge in [0.15, 0.2) is 17.5 Å². The van der Waals surface area contributed by atoms with E-state index in [1.807, 2.05) is 0 Å². The van der Waals surface area contributed by atoms with Crippen molar-refractivity contribution >= 4 is 0 Å². The maximum absolute atomic E-state index is 14.9. The van der Waals surface area contributed by atoms with E-state index in [0.29, 0.717) is 36.8 Å². The summed E-state index contributed by atoms with van der Waals surface area (Å²) in [5.41, 5.74) is -0.175. The van der Waals surface area contributed by atoms with Crippen LogP contribution in [0.5, 0.6) is 0 Å². The minimum atomic E-state index is -3.03. The predicted octanol–water partition coefficient (Wildman–Crippen LogP) is 9.50. The predicted molar refractivity (Wildman–Crippen MR) is 126 cm³/mol. The highest BCUT2D eigenvalue weighted by Crippen LogP contribution is 2.48. The summed E-state index contributed by atoms with van der Waals surface area (Å²) in [7, 11) is 0. The summed E-state index contributed by atoms with van der Waals surface area (Å²) in [5, 5.41) is 0. The largest absolute Gasteiger partial charge is 0.254 e. The Kier molecular flexibility index (Phi) is 8.61. The van der Waals surface area contributed by atoms with E-state index in [9.17, 15) is 22.0 Å². The highest BCUT2D eigenvalue weighted by atomic mass is 19.3. The Bertz CT molecular complexity index is 759. The Hall–Kier alpha value is -1.13. The summed E-state index contributed by atoms with van der Waals surface area (Å²) < 4.78 is 69.9. The first kappa shape index (κ1) is 25.9. The van der Waals surface area contributed by atoms with E-state index in [-0.39, 0.29) is 5.56 Å². The smallest absolute Gasteiger partial charge is 0.206 e. The van der Waals surface area contributed by atoms with Crippen molar-refractivity contribution in [2.75, 3.05) is 0 Å². The van der Waals surface area contributed by atoms with Gasteiger partial charge < -0.3 is 0 Å². The van der Waals surface area contributed by atoms with Crippen LogP contribution in [0.4, 0.5) is 22.0 Å². The SMILES string of the molecule is CCCC1CCC(C2CCC(C3CCC(C(F)(F)Cc4cc(F)c(F)c(F)c4)CC3)CC2)CC1. The van der Waals surface area contributed by atoms with Gasteiger partial charge in [-0.05, 0) is 111 Å². The molecular formula is C29H41F5. The summed E-state index contributed by atoms with van der Waals surface area (Å²) in [6.07, 6.45) is 15.3. The van der Waals surface area contributed by atoms with Gasteiger partial charge >= 0.3 is 0 Å². The Morgan fingerprint density at radius 3 is 1.53 bits per heavy atom. The van der Waals surface area contributed by atoms with E-state index in [4.69, 9.17) is 0 Å². The van der Waals surface area contributed by atoms with Crippen LogP contribution in [-0.2, 0) is 6.42 Å². The quantitative estimate of drug-likeness (QED) is 0.267. The molecule has 192 valence electrons. The fourth-order valence-corrected chi connectivity index (χ4v) is 7.58. The van der Waals surface area contributed by atoms with Gasteiger partial charge in [-0.3, -0.25) is 0 Å². The van der Waals surface area contributed by atoms with Crippen LogP contribution in [0.15, 0.2) is 12.1 Å². The highest BCUT2D eigenvalue weighted by Gasteiger charge is 2.43. The third-order valence-electron chi connectivity index (χ3n) is 9.59. The molecule has 0 aromatic heterocycles. The molecule has 0 spiro atoms. The maximum Gasteiger partial charge on any atom is 0.254 e. The molecule has 5 heteroatoms. The Morgan fingerprint density at radius 2 is 1.09 bits per heavy atom. The fourth-order valence-electron chi connectivity index (χ4n) is 7.58. The van der Waals surface area contributed by atoms with Gasteiger partial charge in [0.1, 0.15) is 0 Å². The van der Waals surface area contributed by atoms with Crippen LogP contribution in [0.2, 0.25) is 0 Å². The van der Waals surface area contributed by atoms with Gasteiger partial charge in [0.2, 0.25) is 0 Å². The van der Waals surface area contributed by atoms with Gasteiger partial charge in [-0.25, -0.2) is 22.0 Å². The number of alkyl halides is 2.